The Morgan fingerprint density at radius 1 is 0.724 bits per heavy atom. The van der Waals surface area contributed by atoms with Crippen LogP contribution in [0.25, 0.3) is 0 Å². The van der Waals surface area contributed by atoms with Crippen molar-refractivity contribution in [3.05, 3.63) is 71.8 Å². The third-order valence-electron chi connectivity index (χ3n) is 3.88. The third kappa shape index (κ3) is 5.65. The number of rotatable bonds is 7. The molecule has 2 aromatic carbocycles. The highest BCUT2D eigenvalue weighted by molar-refractivity contribution is 5.97. The number of hydrogen-bond donors (Lipinski definition) is 0. The van der Waals surface area contributed by atoms with Gasteiger partial charge in [-0.3, -0.25) is 4.79 Å². The van der Waals surface area contributed by atoms with Gasteiger partial charge in [-0.25, -0.2) is 14.4 Å². The van der Waals surface area contributed by atoms with Crippen molar-refractivity contribution >= 4 is 23.8 Å². The van der Waals surface area contributed by atoms with Crippen molar-refractivity contribution in [3.8, 4) is 0 Å². The van der Waals surface area contributed by atoms with Gasteiger partial charge in [0.1, 0.15) is 0 Å². The monoisotopic (exact) mass is 399 g/mol. The van der Waals surface area contributed by atoms with Gasteiger partial charge in [-0.05, 0) is 24.3 Å². The van der Waals surface area contributed by atoms with Crippen LogP contribution in [0, 0.1) is 0 Å². The molecule has 0 aliphatic rings. The lowest BCUT2D eigenvalue weighted by Crippen LogP contribution is -2.50. The standard InChI is InChI=1S/C21H21NO7/c1-22(2)18(23)16(28-19(24)14-10-6-4-7-11-14)17(21(26)27-3)29-20(25)15-12-8-5-9-13-15/h4-13,16-17H,1-3H3/t16-,17-/m1/s1. The molecule has 0 bridgehead atoms. The van der Waals surface area contributed by atoms with Gasteiger partial charge in [0.25, 0.3) is 5.91 Å². The Hall–Kier alpha value is -3.68. The van der Waals surface area contributed by atoms with Crippen LogP contribution in [-0.4, -0.2) is 62.1 Å². The van der Waals surface area contributed by atoms with E-state index in [1.54, 1.807) is 36.4 Å². The van der Waals surface area contributed by atoms with Crippen molar-refractivity contribution in [2.45, 2.75) is 12.2 Å². The number of likely N-dealkylation sites (N-methyl/N-ethyl adjacent to an activating group) is 1. The Morgan fingerprint density at radius 2 is 1.14 bits per heavy atom. The number of methoxy groups -OCH3 is 1. The summed E-state index contributed by atoms with van der Waals surface area (Å²) in [5.41, 5.74) is 0.328. The van der Waals surface area contributed by atoms with Gasteiger partial charge in [-0.15, -0.1) is 0 Å². The molecule has 8 heteroatoms. The average molecular weight is 399 g/mol. The van der Waals surface area contributed by atoms with Crippen molar-refractivity contribution in [2.24, 2.45) is 0 Å². The van der Waals surface area contributed by atoms with Crippen LogP contribution in [0.3, 0.4) is 0 Å². The van der Waals surface area contributed by atoms with Crippen LogP contribution in [0.2, 0.25) is 0 Å². The van der Waals surface area contributed by atoms with Crippen molar-refractivity contribution in [3.63, 3.8) is 0 Å². The number of carbonyl (C=O) groups excluding carboxylic acids is 4. The summed E-state index contributed by atoms with van der Waals surface area (Å²) < 4.78 is 15.2. The second-order valence-corrected chi connectivity index (χ2v) is 6.14. The van der Waals surface area contributed by atoms with Gasteiger partial charge in [0.2, 0.25) is 12.2 Å². The van der Waals surface area contributed by atoms with E-state index in [-0.39, 0.29) is 11.1 Å². The van der Waals surface area contributed by atoms with Gasteiger partial charge in [0.15, 0.2) is 0 Å². The van der Waals surface area contributed by atoms with E-state index in [4.69, 9.17) is 9.47 Å². The summed E-state index contributed by atoms with van der Waals surface area (Å²) in [6.07, 6.45) is -3.51. The summed E-state index contributed by atoms with van der Waals surface area (Å²) in [7, 11) is 3.90. The molecule has 29 heavy (non-hydrogen) atoms. The zero-order valence-corrected chi connectivity index (χ0v) is 16.2. The lowest BCUT2D eigenvalue weighted by atomic mass is 10.1. The number of amides is 1. The number of hydrogen-bond acceptors (Lipinski definition) is 7. The Kier molecular flexibility index (Phi) is 7.47. The molecular formula is C21H21NO7. The second-order valence-electron chi connectivity index (χ2n) is 6.14. The quantitative estimate of drug-likeness (QED) is 0.516. The van der Waals surface area contributed by atoms with Crippen molar-refractivity contribution in [2.75, 3.05) is 21.2 Å². The number of esters is 3. The maximum Gasteiger partial charge on any atom is 0.351 e. The van der Waals surface area contributed by atoms with Crippen LogP contribution >= 0.6 is 0 Å². The molecule has 2 aromatic rings. The van der Waals surface area contributed by atoms with E-state index in [2.05, 4.69) is 4.74 Å². The molecule has 0 aliphatic heterocycles. The van der Waals surface area contributed by atoms with Gasteiger partial charge in [0.05, 0.1) is 18.2 Å². The molecule has 2 rings (SSSR count). The predicted octanol–water partition coefficient (Wildman–Crippen LogP) is 1.70. The summed E-state index contributed by atoms with van der Waals surface area (Å²) in [4.78, 5) is 51.0. The summed E-state index contributed by atoms with van der Waals surface area (Å²) in [6, 6.07) is 15.8. The van der Waals surface area contributed by atoms with E-state index in [0.29, 0.717) is 0 Å². The maximum atomic E-state index is 12.6. The topological polar surface area (TPSA) is 99.2 Å². The lowest BCUT2D eigenvalue weighted by molar-refractivity contribution is -0.164. The van der Waals surface area contributed by atoms with Crippen LogP contribution in [0.4, 0.5) is 0 Å². The molecular weight excluding hydrogens is 378 g/mol. The number of benzene rings is 2. The Labute approximate surface area is 168 Å². The Bertz CT molecular complexity index is 865. The molecule has 0 aromatic heterocycles. The van der Waals surface area contributed by atoms with Gasteiger partial charge in [-0.1, -0.05) is 36.4 Å². The van der Waals surface area contributed by atoms with Crippen LogP contribution in [0.5, 0.6) is 0 Å². The summed E-state index contributed by atoms with van der Waals surface area (Å²) >= 11 is 0. The number of ether oxygens (including phenoxy) is 3. The fraction of sp³-hybridized carbons (Fsp3) is 0.238. The highest BCUT2D eigenvalue weighted by atomic mass is 16.6. The molecule has 0 radical (unpaired) electrons. The summed E-state index contributed by atoms with van der Waals surface area (Å²) in [5, 5.41) is 0. The largest absolute Gasteiger partial charge is 0.466 e. The van der Waals surface area contributed by atoms with Crippen molar-refractivity contribution in [1.82, 2.24) is 4.90 Å². The smallest absolute Gasteiger partial charge is 0.351 e. The fourth-order valence-corrected chi connectivity index (χ4v) is 2.36. The fourth-order valence-electron chi connectivity index (χ4n) is 2.36. The SMILES string of the molecule is COC(=O)[C@H](OC(=O)c1ccccc1)[C@@H](OC(=O)c1ccccc1)C(=O)N(C)C. The molecule has 0 heterocycles. The van der Waals surface area contributed by atoms with Gasteiger partial charge in [-0.2, -0.15) is 0 Å². The highest BCUT2D eigenvalue weighted by Gasteiger charge is 2.42. The third-order valence-corrected chi connectivity index (χ3v) is 3.88. The first-order chi connectivity index (χ1) is 13.8. The highest BCUT2D eigenvalue weighted by Crippen LogP contribution is 2.15. The molecule has 0 fully saturated rings. The van der Waals surface area contributed by atoms with E-state index in [0.717, 1.165) is 12.0 Å². The first-order valence-electron chi connectivity index (χ1n) is 8.66. The molecule has 0 spiro atoms. The normalized spacial score (nSPS) is 12.2. The zero-order valence-electron chi connectivity index (χ0n) is 16.2. The molecule has 2 atom stereocenters. The molecule has 0 saturated carbocycles. The maximum absolute atomic E-state index is 12.6. The van der Waals surface area contributed by atoms with Crippen LogP contribution in [0.15, 0.2) is 60.7 Å². The molecule has 1 amide bonds. The molecule has 0 aliphatic carbocycles. The van der Waals surface area contributed by atoms with Crippen molar-refractivity contribution < 1.29 is 33.4 Å². The van der Waals surface area contributed by atoms with Gasteiger partial charge >= 0.3 is 17.9 Å². The van der Waals surface area contributed by atoms with Crippen LogP contribution < -0.4 is 0 Å². The molecule has 8 nitrogen and oxygen atoms in total. The predicted molar refractivity (Wildman–Crippen MR) is 102 cm³/mol. The lowest BCUT2D eigenvalue weighted by Gasteiger charge is -2.26. The number of carbonyl (C=O) groups is 4. The van der Waals surface area contributed by atoms with Crippen molar-refractivity contribution in [1.29, 1.82) is 0 Å². The first kappa shape index (κ1) is 21.6. The van der Waals surface area contributed by atoms with E-state index in [1.165, 1.54) is 38.4 Å². The Morgan fingerprint density at radius 3 is 1.52 bits per heavy atom. The second kappa shape index (κ2) is 10.0. The minimum atomic E-state index is -1.78. The van der Waals surface area contributed by atoms with E-state index in [9.17, 15) is 19.2 Å². The van der Waals surface area contributed by atoms with E-state index < -0.39 is 36.0 Å². The molecule has 152 valence electrons. The zero-order chi connectivity index (χ0) is 21.4. The number of nitrogens with zero attached hydrogens (tertiary/aromatic N) is 1. The van der Waals surface area contributed by atoms with E-state index in [1.807, 2.05) is 0 Å². The van der Waals surface area contributed by atoms with Crippen LogP contribution in [-0.2, 0) is 23.8 Å². The molecule has 0 N–H and O–H groups in total. The van der Waals surface area contributed by atoms with Gasteiger partial charge in [0, 0.05) is 14.1 Å². The average Bonchev–Trinajstić information content (AvgIpc) is 2.75. The minimum Gasteiger partial charge on any atom is -0.466 e. The Balaban J connectivity index is 2.34. The van der Waals surface area contributed by atoms with E-state index >= 15 is 0 Å². The van der Waals surface area contributed by atoms with Gasteiger partial charge < -0.3 is 19.1 Å². The molecule has 0 unspecified atom stereocenters. The first-order valence-corrected chi connectivity index (χ1v) is 8.66. The summed E-state index contributed by atoms with van der Waals surface area (Å²) in [6.45, 7) is 0. The minimum absolute atomic E-state index is 0.159. The van der Waals surface area contributed by atoms with Crippen LogP contribution in [0.1, 0.15) is 20.7 Å². The summed E-state index contributed by atoms with van der Waals surface area (Å²) in [5.74, 6) is -3.50. The molecule has 0 saturated heterocycles.